The summed E-state index contributed by atoms with van der Waals surface area (Å²) in [4.78, 5) is 12.2. The molecule has 0 aliphatic heterocycles. The van der Waals surface area contributed by atoms with Crippen molar-refractivity contribution in [3.05, 3.63) is 52.2 Å². The molecular formula is C13H9F3N2OS2. The number of nitrogens with one attached hydrogen (secondary N) is 2. The fourth-order valence-corrected chi connectivity index (χ4v) is 2.34. The Hall–Kier alpha value is -1.93. The van der Waals surface area contributed by atoms with Crippen LogP contribution in [0.2, 0.25) is 0 Å². The third-order valence-electron chi connectivity index (χ3n) is 2.42. The minimum absolute atomic E-state index is 0.0623. The zero-order chi connectivity index (χ0) is 15.5. The van der Waals surface area contributed by atoms with E-state index in [0.29, 0.717) is 4.88 Å². The first-order chi connectivity index (χ1) is 9.86. The summed E-state index contributed by atoms with van der Waals surface area (Å²) >= 11 is 6.14. The third kappa shape index (κ3) is 4.27. The van der Waals surface area contributed by atoms with Crippen molar-refractivity contribution in [1.82, 2.24) is 5.32 Å². The Bertz CT molecular complexity index is 654. The quantitative estimate of drug-likeness (QED) is 0.821. The molecule has 0 bridgehead atoms. The standard InChI is InChI=1S/C13H9F3N2OS2/c14-13(15,16)8-3-1-4-9(7-8)17-12(20)18-11(19)10-5-2-6-21-10/h1-7H,(H2,17,18,19,20). The number of thiocarbonyl (C=S) groups is 1. The summed E-state index contributed by atoms with van der Waals surface area (Å²) in [5, 5.41) is 6.62. The van der Waals surface area contributed by atoms with Gasteiger partial charge in [-0.3, -0.25) is 10.1 Å². The molecule has 0 saturated heterocycles. The molecule has 0 radical (unpaired) electrons. The molecule has 110 valence electrons. The van der Waals surface area contributed by atoms with Crippen molar-refractivity contribution in [2.24, 2.45) is 0 Å². The Morgan fingerprint density at radius 1 is 1.19 bits per heavy atom. The van der Waals surface area contributed by atoms with E-state index < -0.39 is 17.6 Å². The molecular weight excluding hydrogens is 321 g/mol. The molecule has 3 nitrogen and oxygen atoms in total. The third-order valence-corrected chi connectivity index (χ3v) is 3.49. The molecule has 2 rings (SSSR count). The van der Waals surface area contributed by atoms with Crippen LogP contribution in [0.1, 0.15) is 15.2 Å². The van der Waals surface area contributed by atoms with Crippen molar-refractivity contribution >= 4 is 40.3 Å². The van der Waals surface area contributed by atoms with E-state index in [9.17, 15) is 18.0 Å². The van der Waals surface area contributed by atoms with Crippen LogP contribution in [0.15, 0.2) is 41.8 Å². The van der Waals surface area contributed by atoms with Crippen molar-refractivity contribution < 1.29 is 18.0 Å². The number of carbonyl (C=O) groups is 1. The molecule has 0 aliphatic carbocycles. The SMILES string of the molecule is O=C(NC(=S)Nc1cccc(C(F)(F)F)c1)c1cccs1. The molecule has 2 aromatic rings. The molecule has 21 heavy (non-hydrogen) atoms. The number of amides is 1. The minimum Gasteiger partial charge on any atom is -0.332 e. The monoisotopic (exact) mass is 330 g/mol. The number of benzene rings is 1. The normalized spacial score (nSPS) is 11.0. The van der Waals surface area contributed by atoms with Gasteiger partial charge in [-0.25, -0.2) is 0 Å². The van der Waals surface area contributed by atoms with E-state index >= 15 is 0 Å². The van der Waals surface area contributed by atoms with E-state index in [2.05, 4.69) is 10.6 Å². The molecule has 1 aromatic heterocycles. The second-order valence-corrected chi connectivity index (χ2v) is 5.32. The number of carbonyl (C=O) groups excluding carboxylic acids is 1. The van der Waals surface area contributed by atoms with E-state index in [0.717, 1.165) is 12.1 Å². The molecule has 1 heterocycles. The van der Waals surface area contributed by atoms with Gasteiger partial charge >= 0.3 is 6.18 Å². The van der Waals surface area contributed by atoms with Gasteiger partial charge in [0.2, 0.25) is 0 Å². The first-order valence-corrected chi connectivity index (χ1v) is 6.98. The van der Waals surface area contributed by atoms with Crippen LogP contribution in [-0.4, -0.2) is 11.0 Å². The number of alkyl halides is 3. The number of hydrogen-bond donors (Lipinski definition) is 2. The Kier molecular flexibility index (Phi) is 4.59. The van der Waals surface area contributed by atoms with E-state index in [-0.39, 0.29) is 10.8 Å². The van der Waals surface area contributed by atoms with Crippen LogP contribution in [-0.2, 0) is 6.18 Å². The molecule has 0 spiro atoms. The van der Waals surface area contributed by atoms with Gasteiger partial charge in [0.05, 0.1) is 10.4 Å². The van der Waals surface area contributed by atoms with Gasteiger partial charge in [-0.2, -0.15) is 13.2 Å². The Labute approximate surface area is 127 Å². The van der Waals surface area contributed by atoms with Gasteiger partial charge in [0.15, 0.2) is 5.11 Å². The summed E-state index contributed by atoms with van der Waals surface area (Å²) in [5.41, 5.74) is -0.638. The van der Waals surface area contributed by atoms with Gasteiger partial charge in [-0.15, -0.1) is 11.3 Å². The average molecular weight is 330 g/mol. The molecule has 0 unspecified atom stereocenters. The van der Waals surface area contributed by atoms with E-state index in [1.165, 1.54) is 23.5 Å². The lowest BCUT2D eigenvalue weighted by Crippen LogP contribution is -2.33. The van der Waals surface area contributed by atoms with Crippen LogP contribution in [0.3, 0.4) is 0 Å². The van der Waals surface area contributed by atoms with E-state index in [4.69, 9.17) is 12.2 Å². The van der Waals surface area contributed by atoms with Crippen LogP contribution >= 0.6 is 23.6 Å². The largest absolute Gasteiger partial charge is 0.416 e. The predicted molar refractivity (Wildman–Crippen MR) is 79.4 cm³/mol. The number of hydrogen-bond acceptors (Lipinski definition) is 3. The predicted octanol–water partition coefficient (Wildman–Crippen LogP) is 3.89. The minimum atomic E-state index is -4.43. The highest BCUT2D eigenvalue weighted by Crippen LogP contribution is 2.30. The molecule has 1 amide bonds. The first kappa shape index (κ1) is 15.5. The second kappa shape index (κ2) is 6.23. The summed E-state index contributed by atoms with van der Waals surface area (Å²) in [7, 11) is 0. The van der Waals surface area contributed by atoms with Gasteiger partial charge in [0, 0.05) is 5.69 Å². The fourth-order valence-electron chi connectivity index (χ4n) is 1.51. The fraction of sp³-hybridized carbons (Fsp3) is 0.0769. The number of anilines is 1. The van der Waals surface area contributed by atoms with Crippen LogP contribution < -0.4 is 10.6 Å². The van der Waals surface area contributed by atoms with Crippen molar-refractivity contribution in [2.45, 2.75) is 6.18 Å². The summed E-state index contributed by atoms with van der Waals surface area (Å²) in [5.74, 6) is -0.408. The molecule has 1 aromatic carbocycles. The molecule has 0 fully saturated rings. The number of thiophene rings is 1. The molecule has 0 saturated carbocycles. The van der Waals surface area contributed by atoms with E-state index in [1.807, 2.05) is 0 Å². The van der Waals surface area contributed by atoms with Gasteiger partial charge in [0.1, 0.15) is 0 Å². The summed E-state index contributed by atoms with van der Waals surface area (Å²) < 4.78 is 37.7. The number of rotatable bonds is 2. The number of halogens is 3. The zero-order valence-electron chi connectivity index (χ0n) is 10.4. The van der Waals surface area contributed by atoms with E-state index in [1.54, 1.807) is 17.5 Å². The van der Waals surface area contributed by atoms with Crippen molar-refractivity contribution in [2.75, 3.05) is 5.32 Å². The van der Waals surface area contributed by atoms with Crippen molar-refractivity contribution in [1.29, 1.82) is 0 Å². The van der Waals surface area contributed by atoms with Crippen LogP contribution in [0.5, 0.6) is 0 Å². The lowest BCUT2D eigenvalue weighted by atomic mass is 10.2. The van der Waals surface area contributed by atoms with Crippen LogP contribution in [0.4, 0.5) is 18.9 Å². The summed E-state index contributed by atoms with van der Waals surface area (Å²) in [6.07, 6.45) is -4.43. The Balaban J connectivity index is 2.02. The highest BCUT2D eigenvalue weighted by atomic mass is 32.1. The maximum absolute atomic E-state index is 12.6. The Morgan fingerprint density at radius 3 is 2.57 bits per heavy atom. The zero-order valence-corrected chi connectivity index (χ0v) is 12.0. The van der Waals surface area contributed by atoms with Gasteiger partial charge in [-0.05, 0) is 41.9 Å². The van der Waals surface area contributed by atoms with Crippen LogP contribution in [0, 0.1) is 0 Å². The molecule has 0 aliphatic rings. The Morgan fingerprint density at radius 2 is 1.95 bits per heavy atom. The molecule has 2 N–H and O–H groups in total. The highest BCUT2D eigenvalue weighted by molar-refractivity contribution is 7.80. The smallest absolute Gasteiger partial charge is 0.332 e. The van der Waals surface area contributed by atoms with Gasteiger partial charge in [-0.1, -0.05) is 12.1 Å². The average Bonchev–Trinajstić information content (AvgIpc) is 2.91. The van der Waals surface area contributed by atoms with Crippen LogP contribution in [0.25, 0.3) is 0 Å². The molecule has 8 heteroatoms. The van der Waals surface area contributed by atoms with Crippen molar-refractivity contribution in [3.63, 3.8) is 0 Å². The lowest BCUT2D eigenvalue weighted by molar-refractivity contribution is -0.137. The topological polar surface area (TPSA) is 41.1 Å². The molecule has 0 atom stereocenters. The maximum Gasteiger partial charge on any atom is 0.416 e. The van der Waals surface area contributed by atoms with Crippen molar-refractivity contribution in [3.8, 4) is 0 Å². The highest BCUT2D eigenvalue weighted by Gasteiger charge is 2.30. The summed E-state index contributed by atoms with van der Waals surface area (Å²) in [6, 6.07) is 7.89. The maximum atomic E-state index is 12.6. The van der Waals surface area contributed by atoms with Gasteiger partial charge < -0.3 is 5.32 Å². The second-order valence-electron chi connectivity index (χ2n) is 3.96. The van der Waals surface area contributed by atoms with Gasteiger partial charge in [0.25, 0.3) is 5.91 Å². The lowest BCUT2D eigenvalue weighted by Gasteiger charge is -2.11. The first-order valence-electron chi connectivity index (χ1n) is 5.69. The summed E-state index contributed by atoms with van der Waals surface area (Å²) in [6.45, 7) is 0.